The SMILES string of the molecule is [2H]C([2H])([2H])C(C)(c1ccc(OC[C@@H](O)CF)cc1)c1ccc(OC[C@@H](O)CCl)cc1. The van der Waals surface area contributed by atoms with Crippen molar-refractivity contribution < 1.29 is 28.2 Å². The van der Waals surface area contributed by atoms with E-state index in [1.165, 1.54) is 0 Å². The molecule has 27 heavy (non-hydrogen) atoms. The van der Waals surface area contributed by atoms with Crippen molar-refractivity contribution in [3.8, 4) is 11.5 Å². The van der Waals surface area contributed by atoms with Crippen LogP contribution in [0.4, 0.5) is 4.39 Å². The van der Waals surface area contributed by atoms with Gasteiger partial charge in [-0.2, -0.15) is 0 Å². The number of ether oxygens (including phenoxy) is 2. The van der Waals surface area contributed by atoms with Gasteiger partial charge in [0.1, 0.15) is 43.6 Å². The first-order valence-corrected chi connectivity index (χ1v) is 9.10. The number of hydrogen-bond acceptors (Lipinski definition) is 4. The number of aliphatic hydroxyl groups is 2. The summed E-state index contributed by atoms with van der Waals surface area (Å²) in [5, 5.41) is 18.7. The molecule has 148 valence electrons. The van der Waals surface area contributed by atoms with Crippen molar-refractivity contribution in [3.63, 3.8) is 0 Å². The Bertz CT molecular complexity index is 727. The van der Waals surface area contributed by atoms with E-state index in [1.54, 1.807) is 55.5 Å². The van der Waals surface area contributed by atoms with Gasteiger partial charge in [-0.05, 0) is 35.4 Å². The maximum atomic E-state index is 12.3. The van der Waals surface area contributed by atoms with Crippen molar-refractivity contribution in [2.45, 2.75) is 31.4 Å². The van der Waals surface area contributed by atoms with Crippen molar-refractivity contribution >= 4 is 11.6 Å². The third-order valence-corrected chi connectivity index (χ3v) is 4.46. The van der Waals surface area contributed by atoms with Gasteiger partial charge in [0, 0.05) is 9.53 Å². The average Bonchev–Trinajstić information content (AvgIpc) is 2.75. The van der Waals surface area contributed by atoms with Crippen LogP contribution in [0.25, 0.3) is 0 Å². The zero-order valence-corrected chi connectivity index (χ0v) is 15.8. The van der Waals surface area contributed by atoms with Gasteiger partial charge in [0.15, 0.2) is 0 Å². The number of halogens is 2. The van der Waals surface area contributed by atoms with E-state index in [1.807, 2.05) is 0 Å². The van der Waals surface area contributed by atoms with Crippen LogP contribution in [0.2, 0.25) is 0 Å². The smallest absolute Gasteiger partial charge is 0.119 e. The topological polar surface area (TPSA) is 58.9 Å². The van der Waals surface area contributed by atoms with E-state index < -0.39 is 31.1 Å². The zero-order chi connectivity index (χ0) is 22.4. The third kappa shape index (κ3) is 6.09. The highest BCUT2D eigenvalue weighted by Crippen LogP contribution is 2.33. The number of rotatable bonds is 10. The fourth-order valence-corrected chi connectivity index (χ4v) is 2.50. The fourth-order valence-electron chi connectivity index (χ4n) is 2.41. The molecule has 0 amide bonds. The first-order valence-electron chi connectivity index (χ1n) is 10.1. The van der Waals surface area contributed by atoms with E-state index in [0.29, 0.717) is 22.6 Å². The second-order valence-electron chi connectivity index (χ2n) is 6.41. The Morgan fingerprint density at radius 1 is 0.963 bits per heavy atom. The van der Waals surface area contributed by atoms with Crippen LogP contribution in [-0.2, 0) is 5.41 Å². The molecule has 0 heterocycles. The molecule has 1 unspecified atom stereocenters. The van der Waals surface area contributed by atoms with Crippen molar-refractivity contribution in [1.82, 2.24) is 0 Å². The molecule has 0 fully saturated rings. The molecule has 4 nitrogen and oxygen atoms in total. The van der Waals surface area contributed by atoms with Gasteiger partial charge in [0.25, 0.3) is 0 Å². The highest BCUT2D eigenvalue weighted by Gasteiger charge is 2.23. The average molecular weight is 400 g/mol. The van der Waals surface area contributed by atoms with Crippen molar-refractivity contribution in [1.29, 1.82) is 0 Å². The normalized spacial score (nSPS) is 17.7. The highest BCUT2D eigenvalue weighted by atomic mass is 35.5. The molecular weight excluding hydrogens is 371 g/mol. The Hall–Kier alpha value is -1.82. The van der Waals surface area contributed by atoms with E-state index in [0.717, 1.165) is 0 Å². The number of alkyl halides is 2. The molecule has 6 heteroatoms. The maximum absolute atomic E-state index is 12.3. The van der Waals surface area contributed by atoms with Gasteiger partial charge in [-0.3, -0.25) is 0 Å². The first-order chi connectivity index (χ1) is 14.1. The third-order valence-electron chi connectivity index (χ3n) is 4.10. The molecule has 3 atom stereocenters. The summed E-state index contributed by atoms with van der Waals surface area (Å²) in [6.45, 7) is -1.77. The molecule has 0 aliphatic heterocycles. The fraction of sp³-hybridized carbons (Fsp3) is 0.429. The van der Waals surface area contributed by atoms with Crippen LogP contribution in [0, 0.1) is 0 Å². The molecule has 2 aromatic rings. The van der Waals surface area contributed by atoms with Crippen LogP contribution >= 0.6 is 11.6 Å². The Kier molecular flexibility index (Phi) is 6.36. The van der Waals surface area contributed by atoms with Crippen molar-refractivity contribution in [3.05, 3.63) is 59.7 Å². The van der Waals surface area contributed by atoms with Crippen LogP contribution in [-0.4, -0.2) is 48.2 Å². The maximum Gasteiger partial charge on any atom is 0.119 e. The van der Waals surface area contributed by atoms with E-state index in [9.17, 15) is 14.6 Å². The minimum atomic E-state index is -2.35. The summed E-state index contributed by atoms with van der Waals surface area (Å²) in [7, 11) is 0. The number of aliphatic hydroxyl groups excluding tert-OH is 2. The Balaban J connectivity index is 2.25. The standard InChI is InChI=1S/C21H26ClFO4/c1-21(2,15-3-7-19(8-4-15)26-13-17(24)11-22)16-5-9-20(10-6-16)27-14-18(25)12-23/h3-10,17-18,24-25H,11-14H2,1-2H3/t17-,18-/m0/s1/i1D3/t17-,18-,21?. The second-order valence-corrected chi connectivity index (χ2v) is 6.72. The monoisotopic (exact) mass is 399 g/mol. The lowest BCUT2D eigenvalue weighted by molar-refractivity contribution is 0.0842. The van der Waals surface area contributed by atoms with Gasteiger partial charge in [-0.1, -0.05) is 38.0 Å². The van der Waals surface area contributed by atoms with E-state index in [-0.39, 0.29) is 19.1 Å². The van der Waals surface area contributed by atoms with Crippen LogP contribution in [0.5, 0.6) is 11.5 Å². The summed E-state index contributed by atoms with van der Waals surface area (Å²) in [6, 6.07) is 13.1. The van der Waals surface area contributed by atoms with Crippen molar-refractivity contribution in [2.75, 3.05) is 25.8 Å². The predicted octanol–water partition coefficient (Wildman–Crippen LogP) is 3.70. The number of benzene rings is 2. The molecule has 0 bridgehead atoms. The van der Waals surface area contributed by atoms with Gasteiger partial charge >= 0.3 is 0 Å². The lowest BCUT2D eigenvalue weighted by Crippen LogP contribution is -2.20. The summed E-state index contributed by atoms with van der Waals surface area (Å²) in [4.78, 5) is 0. The van der Waals surface area contributed by atoms with Crippen molar-refractivity contribution in [2.24, 2.45) is 0 Å². The molecule has 0 radical (unpaired) electrons. The molecule has 0 saturated heterocycles. The lowest BCUT2D eigenvalue weighted by atomic mass is 9.78. The Labute approximate surface area is 168 Å². The van der Waals surface area contributed by atoms with Gasteiger partial charge < -0.3 is 19.7 Å². The van der Waals surface area contributed by atoms with Gasteiger partial charge in [-0.15, -0.1) is 11.6 Å². The van der Waals surface area contributed by atoms with Crippen LogP contribution in [0.3, 0.4) is 0 Å². The molecule has 2 aromatic carbocycles. The molecule has 2 N–H and O–H groups in total. The van der Waals surface area contributed by atoms with Gasteiger partial charge in [-0.25, -0.2) is 4.39 Å². The largest absolute Gasteiger partial charge is 0.491 e. The molecule has 0 spiro atoms. The van der Waals surface area contributed by atoms with Crippen LogP contribution in [0.1, 0.15) is 29.0 Å². The van der Waals surface area contributed by atoms with E-state index in [2.05, 4.69) is 0 Å². The van der Waals surface area contributed by atoms with Crippen LogP contribution in [0.15, 0.2) is 48.5 Å². The summed E-state index contributed by atoms with van der Waals surface area (Å²) >= 11 is 5.54. The molecular formula is C21H26ClFO4. The van der Waals surface area contributed by atoms with E-state index in [4.69, 9.17) is 25.2 Å². The summed E-state index contributed by atoms with van der Waals surface area (Å²) < 4.78 is 47.5. The first kappa shape index (κ1) is 17.3. The molecule has 0 aliphatic carbocycles. The molecule has 0 saturated carbocycles. The highest BCUT2D eigenvalue weighted by molar-refractivity contribution is 6.18. The van der Waals surface area contributed by atoms with Gasteiger partial charge in [0.2, 0.25) is 0 Å². The Morgan fingerprint density at radius 3 is 1.78 bits per heavy atom. The lowest BCUT2D eigenvalue weighted by Gasteiger charge is -2.26. The molecule has 0 aliphatic rings. The minimum Gasteiger partial charge on any atom is -0.491 e. The summed E-state index contributed by atoms with van der Waals surface area (Å²) in [6.07, 6.45) is -1.99. The zero-order valence-electron chi connectivity index (χ0n) is 18.1. The van der Waals surface area contributed by atoms with Crippen LogP contribution < -0.4 is 9.47 Å². The molecule has 2 rings (SSSR count). The molecule has 0 aromatic heterocycles. The van der Waals surface area contributed by atoms with Gasteiger partial charge in [0.05, 0.1) is 5.88 Å². The Morgan fingerprint density at radius 2 is 1.41 bits per heavy atom. The quantitative estimate of drug-likeness (QED) is 0.598. The predicted molar refractivity (Wildman–Crippen MR) is 105 cm³/mol. The number of hydrogen-bond donors (Lipinski definition) is 2. The summed E-state index contributed by atoms with van der Waals surface area (Å²) in [5.41, 5.74) is -0.195. The summed E-state index contributed by atoms with van der Waals surface area (Å²) in [5.74, 6) is 0.952. The second kappa shape index (κ2) is 9.93. The van der Waals surface area contributed by atoms with E-state index >= 15 is 0 Å². The minimum absolute atomic E-state index is 0.0396.